The maximum absolute atomic E-state index is 12.6. The molecule has 0 saturated carbocycles. The highest BCUT2D eigenvalue weighted by Crippen LogP contribution is 2.15. The van der Waals surface area contributed by atoms with Gasteiger partial charge in [-0.25, -0.2) is 9.67 Å². The van der Waals surface area contributed by atoms with Crippen LogP contribution >= 0.6 is 15.9 Å². The number of pyridine rings is 1. The molecule has 0 unspecified atom stereocenters. The van der Waals surface area contributed by atoms with Gasteiger partial charge < -0.3 is 9.72 Å². The van der Waals surface area contributed by atoms with Crippen molar-refractivity contribution in [2.24, 2.45) is 0 Å². The van der Waals surface area contributed by atoms with Crippen molar-refractivity contribution in [3.8, 4) is 0 Å². The van der Waals surface area contributed by atoms with Gasteiger partial charge in [-0.05, 0) is 36.8 Å². The molecule has 0 saturated heterocycles. The van der Waals surface area contributed by atoms with E-state index in [0.717, 1.165) is 21.4 Å². The summed E-state index contributed by atoms with van der Waals surface area (Å²) >= 11 is 3.43. The minimum absolute atomic E-state index is 0.259. The minimum atomic E-state index is -0.259. The van der Waals surface area contributed by atoms with Crippen LogP contribution in [0.3, 0.4) is 0 Å². The number of aromatic nitrogens is 4. The highest BCUT2D eigenvalue weighted by molar-refractivity contribution is 9.10. The molecule has 0 aliphatic heterocycles. The smallest absolute Gasteiger partial charge is 0.277 e. The van der Waals surface area contributed by atoms with Crippen LogP contribution < -0.4 is 5.32 Å². The third kappa shape index (κ3) is 3.25. The molecule has 26 heavy (non-hydrogen) atoms. The summed E-state index contributed by atoms with van der Waals surface area (Å²) in [6.45, 7) is 2.55. The molecule has 6 nitrogen and oxygen atoms in total. The van der Waals surface area contributed by atoms with Crippen molar-refractivity contribution in [2.75, 3.05) is 5.32 Å². The molecule has 1 N–H and O–H groups in total. The van der Waals surface area contributed by atoms with E-state index in [1.54, 1.807) is 23.1 Å². The van der Waals surface area contributed by atoms with Gasteiger partial charge in [-0.1, -0.05) is 34.1 Å². The molecule has 0 radical (unpaired) electrons. The Hall–Kier alpha value is -2.93. The van der Waals surface area contributed by atoms with Crippen molar-refractivity contribution in [3.63, 3.8) is 0 Å². The first-order chi connectivity index (χ1) is 12.6. The molecule has 0 spiro atoms. The van der Waals surface area contributed by atoms with Crippen LogP contribution in [0.4, 0.5) is 5.82 Å². The van der Waals surface area contributed by atoms with Crippen molar-refractivity contribution in [2.45, 2.75) is 13.5 Å². The molecule has 0 aliphatic rings. The van der Waals surface area contributed by atoms with Gasteiger partial charge in [-0.2, -0.15) is 5.10 Å². The fourth-order valence-corrected chi connectivity index (χ4v) is 3.03. The number of aryl methyl sites for hydroxylation is 1. The number of anilines is 1. The molecule has 130 valence electrons. The molecular weight excluding hydrogens is 394 g/mol. The number of fused-ring (bicyclic) bond motifs is 1. The van der Waals surface area contributed by atoms with Gasteiger partial charge >= 0.3 is 0 Å². The number of hydrogen-bond acceptors (Lipinski definition) is 3. The molecule has 7 heteroatoms. The minimum Gasteiger partial charge on any atom is -0.305 e. The Morgan fingerprint density at radius 2 is 1.96 bits per heavy atom. The van der Waals surface area contributed by atoms with Crippen molar-refractivity contribution in [1.29, 1.82) is 0 Å². The molecule has 0 aliphatic carbocycles. The molecule has 4 aromatic rings. The second-order valence-corrected chi connectivity index (χ2v) is 6.89. The third-order valence-corrected chi connectivity index (χ3v) is 4.66. The Bertz CT molecular complexity index is 1080. The Labute approximate surface area is 158 Å². The van der Waals surface area contributed by atoms with Crippen LogP contribution in [-0.4, -0.2) is 25.1 Å². The number of rotatable bonds is 4. The molecule has 0 atom stereocenters. The lowest BCUT2D eigenvalue weighted by Crippen LogP contribution is -2.16. The van der Waals surface area contributed by atoms with Crippen molar-refractivity contribution in [3.05, 3.63) is 82.3 Å². The second-order valence-electron chi connectivity index (χ2n) is 5.98. The van der Waals surface area contributed by atoms with Gasteiger partial charge in [0.05, 0.1) is 12.7 Å². The van der Waals surface area contributed by atoms with Gasteiger partial charge in [0, 0.05) is 22.4 Å². The van der Waals surface area contributed by atoms with Crippen LogP contribution in [-0.2, 0) is 6.54 Å². The number of halogens is 1. The van der Waals surface area contributed by atoms with Gasteiger partial charge in [0.2, 0.25) is 0 Å². The second kappa shape index (κ2) is 6.76. The first kappa shape index (κ1) is 16.5. The summed E-state index contributed by atoms with van der Waals surface area (Å²) in [4.78, 5) is 17.0. The first-order valence-electron chi connectivity index (χ1n) is 8.12. The van der Waals surface area contributed by atoms with Crippen molar-refractivity contribution in [1.82, 2.24) is 19.2 Å². The summed E-state index contributed by atoms with van der Waals surface area (Å²) < 4.78 is 4.67. The summed E-state index contributed by atoms with van der Waals surface area (Å²) in [5, 5.41) is 7.20. The number of nitrogens with zero attached hydrogens (tertiary/aromatic N) is 4. The highest BCUT2D eigenvalue weighted by atomic mass is 79.9. The van der Waals surface area contributed by atoms with E-state index >= 15 is 0 Å². The van der Waals surface area contributed by atoms with Crippen LogP contribution in [0.25, 0.3) is 5.65 Å². The average molecular weight is 410 g/mol. The lowest BCUT2D eigenvalue weighted by atomic mass is 10.2. The van der Waals surface area contributed by atoms with E-state index in [0.29, 0.717) is 18.1 Å². The predicted octanol–water partition coefficient (Wildman–Crippen LogP) is 3.90. The maximum atomic E-state index is 12.6. The maximum Gasteiger partial charge on any atom is 0.277 e. The number of imidazole rings is 1. The summed E-state index contributed by atoms with van der Waals surface area (Å²) in [6.07, 6.45) is 3.41. The third-order valence-electron chi connectivity index (χ3n) is 4.13. The van der Waals surface area contributed by atoms with E-state index in [1.165, 1.54) is 0 Å². The number of hydrogen-bond donors (Lipinski definition) is 1. The normalized spacial score (nSPS) is 11.0. The Morgan fingerprint density at radius 1 is 1.15 bits per heavy atom. The highest BCUT2D eigenvalue weighted by Gasteiger charge is 2.14. The molecule has 1 aromatic carbocycles. The van der Waals surface area contributed by atoms with E-state index in [2.05, 4.69) is 31.3 Å². The standard InChI is InChI=1S/C19H16BrN5O/c1-13-3-2-4-17-22-16(12-24(13)17)19(26)23-18-9-10-21-25(18)11-14-5-7-15(20)8-6-14/h2-10,12H,11H2,1H3,(H,23,26). The number of carbonyl (C=O) groups excluding carboxylic acids is 1. The zero-order chi connectivity index (χ0) is 18.1. The number of nitrogens with one attached hydrogen (secondary N) is 1. The molecule has 0 fully saturated rings. The zero-order valence-electron chi connectivity index (χ0n) is 14.1. The molecular formula is C19H16BrN5O. The predicted molar refractivity (Wildman–Crippen MR) is 103 cm³/mol. The molecule has 1 amide bonds. The van der Waals surface area contributed by atoms with Gasteiger partial charge in [0.15, 0.2) is 0 Å². The summed E-state index contributed by atoms with van der Waals surface area (Å²) in [7, 11) is 0. The lowest BCUT2D eigenvalue weighted by molar-refractivity contribution is 0.102. The molecule has 3 heterocycles. The Kier molecular flexibility index (Phi) is 4.30. The van der Waals surface area contributed by atoms with Crippen LogP contribution in [0.2, 0.25) is 0 Å². The Balaban J connectivity index is 1.55. The monoisotopic (exact) mass is 409 g/mol. The van der Waals surface area contributed by atoms with Crippen LogP contribution in [0.5, 0.6) is 0 Å². The molecule has 4 rings (SSSR count). The van der Waals surface area contributed by atoms with Crippen molar-refractivity contribution >= 4 is 33.3 Å². The quantitative estimate of drug-likeness (QED) is 0.555. The summed E-state index contributed by atoms with van der Waals surface area (Å²) in [6, 6.07) is 15.5. The van der Waals surface area contributed by atoms with E-state index in [-0.39, 0.29) is 5.91 Å². The van der Waals surface area contributed by atoms with Crippen LogP contribution in [0, 0.1) is 6.92 Å². The number of benzene rings is 1. The Morgan fingerprint density at radius 3 is 2.73 bits per heavy atom. The fraction of sp³-hybridized carbons (Fsp3) is 0.105. The number of carbonyl (C=O) groups is 1. The van der Waals surface area contributed by atoms with Gasteiger partial charge in [-0.3, -0.25) is 4.79 Å². The van der Waals surface area contributed by atoms with E-state index in [4.69, 9.17) is 0 Å². The van der Waals surface area contributed by atoms with E-state index < -0.39 is 0 Å². The summed E-state index contributed by atoms with van der Waals surface area (Å²) in [5.41, 5.74) is 3.24. The van der Waals surface area contributed by atoms with E-state index in [9.17, 15) is 4.79 Å². The lowest BCUT2D eigenvalue weighted by Gasteiger charge is -2.08. The van der Waals surface area contributed by atoms with Gasteiger partial charge in [0.1, 0.15) is 17.2 Å². The summed E-state index contributed by atoms with van der Waals surface area (Å²) in [5.74, 6) is 0.373. The molecule has 3 aromatic heterocycles. The van der Waals surface area contributed by atoms with Gasteiger partial charge in [-0.15, -0.1) is 0 Å². The SMILES string of the molecule is Cc1cccc2nc(C(=O)Nc3ccnn3Cc3ccc(Br)cc3)cn12. The van der Waals surface area contributed by atoms with Gasteiger partial charge in [0.25, 0.3) is 5.91 Å². The first-order valence-corrected chi connectivity index (χ1v) is 8.92. The van der Waals surface area contributed by atoms with E-state index in [1.807, 2.05) is 53.8 Å². The van der Waals surface area contributed by atoms with Crippen LogP contribution in [0.15, 0.2) is 65.4 Å². The largest absolute Gasteiger partial charge is 0.305 e. The topological polar surface area (TPSA) is 64.2 Å². The zero-order valence-corrected chi connectivity index (χ0v) is 15.6. The average Bonchev–Trinajstić information content (AvgIpc) is 3.25. The molecule has 0 bridgehead atoms. The van der Waals surface area contributed by atoms with Crippen molar-refractivity contribution < 1.29 is 4.79 Å². The van der Waals surface area contributed by atoms with Crippen LogP contribution in [0.1, 0.15) is 21.7 Å². The number of amides is 1. The fourth-order valence-electron chi connectivity index (χ4n) is 2.77.